The second kappa shape index (κ2) is 6.00. The van der Waals surface area contributed by atoms with E-state index in [9.17, 15) is 9.59 Å². The van der Waals surface area contributed by atoms with Gasteiger partial charge in [-0.25, -0.2) is 0 Å². The van der Waals surface area contributed by atoms with Crippen molar-refractivity contribution in [1.82, 2.24) is 5.32 Å². The summed E-state index contributed by atoms with van der Waals surface area (Å²) in [6, 6.07) is 0.178. The molecule has 0 atom stereocenters. The van der Waals surface area contributed by atoms with Gasteiger partial charge in [0.25, 0.3) is 0 Å². The molecule has 0 aliphatic carbocycles. The van der Waals surface area contributed by atoms with Crippen molar-refractivity contribution < 1.29 is 19.4 Å². The van der Waals surface area contributed by atoms with Crippen LogP contribution in [0, 0.1) is 5.41 Å². The molecule has 1 rings (SSSR count). The minimum absolute atomic E-state index is 0.00813. The second-order valence-corrected chi connectivity index (χ2v) is 5.37. The van der Waals surface area contributed by atoms with Gasteiger partial charge in [0.1, 0.15) is 0 Å². The van der Waals surface area contributed by atoms with Crippen LogP contribution >= 0.6 is 0 Å². The van der Waals surface area contributed by atoms with Gasteiger partial charge in [-0.15, -0.1) is 0 Å². The highest BCUT2D eigenvalue weighted by Gasteiger charge is 2.26. The lowest BCUT2D eigenvalue weighted by molar-refractivity contribution is -0.139. The third kappa shape index (κ3) is 5.68. The number of ether oxygens (including phenoxy) is 1. The highest BCUT2D eigenvalue weighted by atomic mass is 16.5. The van der Waals surface area contributed by atoms with Crippen molar-refractivity contribution in [1.29, 1.82) is 0 Å². The highest BCUT2D eigenvalue weighted by Crippen LogP contribution is 2.25. The van der Waals surface area contributed by atoms with Crippen LogP contribution in [-0.2, 0) is 14.3 Å². The number of hydrogen-bond acceptors (Lipinski definition) is 3. The summed E-state index contributed by atoms with van der Waals surface area (Å²) in [5.41, 5.74) is -0.499. The van der Waals surface area contributed by atoms with Crippen molar-refractivity contribution in [3.05, 3.63) is 0 Å². The van der Waals surface area contributed by atoms with Gasteiger partial charge in [-0.05, 0) is 18.3 Å². The number of carboxylic acid groups (broad SMARTS) is 1. The van der Waals surface area contributed by atoms with E-state index in [1.807, 2.05) is 0 Å². The number of hydrogen-bond donors (Lipinski definition) is 2. The molecule has 0 unspecified atom stereocenters. The number of carboxylic acids is 1. The molecular formula is C12H21NO4. The van der Waals surface area contributed by atoms with Gasteiger partial charge in [0.2, 0.25) is 5.91 Å². The summed E-state index contributed by atoms with van der Waals surface area (Å²) in [6.45, 7) is 4.96. The molecular weight excluding hydrogens is 222 g/mol. The predicted octanol–water partition coefficient (Wildman–Crippen LogP) is 1.17. The summed E-state index contributed by atoms with van der Waals surface area (Å²) >= 11 is 0. The molecule has 0 bridgehead atoms. The number of aliphatic carboxylic acids is 1. The topological polar surface area (TPSA) is 75.6 Å². The predicted molar refractivity (Wildman–Crippen MR) is 62.6 cm³/mol. The van der Waals surface area contributed by atoms with Gasteiger partial charge < -0.3 is 15.2 Å². The zero-order valence-electron chi connectivity index (χ0n) is 10.5. The third-order valence-electron chi connectivity index (χ3n) is 2.86. The Labute approximate surface area is 102 Å². The summed E-state index contributed by atoms with van der Waals surface area (Å²) in [5, 5.41) is 11.7. The average molecular weight is 243 g/mol. The fourth-order valence-corrected chi connectivity index (χ4v) is 2.03. The van der Waals surface area contributed by atoms with Gasteiger partial charge in [-0.1, -0.05) is 13.8 Å². The molecule has 1 aliphatic heterocycles. The Morgan fingerprint density at radius 3 is 2.41 bits per heavy atom. The maximum absolute atomic E-state index is 11.8. The van der Waals surface area contributed by atoms with E-state index in [4.69, 9.17) is 9.84 Å². The molecule has 98 valence electrons. The third-order valence-corrected chi connectivity index (χ3v) is 2.86. The van der Waals surface area contributed by atoms with Crippen LogP contribution in [0.3, 0.4) is 0 Å². The van der Waals surface area contributed by atoms with Gasteiger partial charge in [-0.3, -0.25) is 9.59 Å². The quantitative estimate of drug-likeness (QED) is 0.760. The number of carbonyl (C=O) groups excluding carboxylic acids is 1. The van der Waals surface area contributed by atoms with Crippen molar-refractivity contribution >= 4 is 11.9 Å². The molecule has 1 saturated heterocycles. The largest absolute Gasteiger partial charge is 0.481 e. The Balaban J connectivity index is 2.34. The summed E-state index contributed by atoms with van der Waals surface area (Å²) in [5.74, 6) is -0.933. The van der Waals surface area contributed by atoms with Crippen LogP contribution in [0.25, 0.3) is 0 Å². The van der Waals surface area contributed by atoms with Crippen LogP contribution < -0.4 is 5.32 Å². The molecule has 5 nitrogen and oxygen atoms in total. The minimum atomic E-state index is -0.867. The average Bonchev–Trinajstić information content (AvgIpc) is 2.15. The number of rotatable bonds is 5. The lowest BCUT2D eigenvalue weighted by Crippen LogP contribution is -2.40. The Bertz CT molecular complexity index is 282. The maximum Gasteiger partial charge on any atom is 0.303 e. The van der Waals surface area contributed by atoms with Crippen molar-refractivity contribution in [3.63, 3.8) is 0 Å². The normalized spacial score (nSPS) is 17.8. The van der Waals surface area contributed by atoms with E-state index in [2.05, 4.69) is 5.32 Å². The molecule has 1 amide bonds. The van der Waals surface area contributed by atoms with E-state index in [1.54, 1.807) is 13.8 Å². The molecule has 17 heavy (non-hydrogen) atoms. The molecule has 0 aromatic carbocycles. The molecule has 0 radical (unpaired) electrons. The first-order valence-corrected chi connectivity index (χ1v) is 5.98. The summed E-state index contributed by atoms with van der Waals surface area (Å²) in [7, 11) is 0. The molecule has 2 N–H and O–H groups in total. The Hall–Kier alpha value is -1.10. The van der Waals surface area contributed by atoms with E-state index in [1.165, 1.54) is 0 Å². The molecule has 1 heterocycles. The zero-order valence-corrected chi connectivity index (χ0v) is 10.5. The van der Waals surface area contributed by atoms with Gasteiger partial charge >= 0.3 is 5.97 Å². The van der Waals surface area contributed by atoms with Gasteiger partial charge in [0, 0.05) is 25.7 Å². The first-order chi connectivity index (χ1) is 7.89. The van der Waals surface area contributed by atoms with Gasteiger partial charge in [0.05, 0.1) is 6.42 Å². The van der Waals surface area contributed by atoms with Crippen molar-refractivity contribution in [2.75, 3.05) is 13.2 Å². The molecule has 1 aliphatic rings. The molecule has 0 spiro atoms. The van der Waals surface area contributed by atoms with Crippen LogP contribution in [0.4, 0.5) is 0 Å². The molecule has 1 fully saturated rings. The van der Waals surface area contributed by atoms with Crippen LogP contribution in [-0.4, -0.2) is 36.2 Å². The van der Waals surface area contributed by atoms with E-state index < -0.39 is 11.4 Å². The summed E-state index contributed by atoms with van der Waals surface area (Å²) in [6.07, 6.45) is 1.93. The first kappa shape index (κ1) is 14.0. The monoisotopic (exact) mass is 243 g/mol. The number of carbonyl (C=O) groups is 2. The fourth-order valence-electron chi connectivity index (χ4n) is 2.03. The SMILES string of the molecule is CC(C)(CC(=O)O)CC(=O)NC1CCOCC1. The van der Waals surface area contributed by atoms with E-state index in [0.29, 0.717) is 13.2 Å². The highest BCUT2D eigenvalue weighted by molar-refractivity contribution is 5.78. The van der Waals surface area contributed by atoms with Crippen LogP contribution in [0.15, 0.2) is 0 Å². The first-order valence-electron chi connectivity index (χ1n) is 5.98. The van der Waals surface area contributed by atoms with Gasteiger partial charge in [-0.2, -0.15) is 0 Å². The second-order valence-electron chi connectivity index (χ2n) is 5.37. The standard InChI is InChI=1S/C12H21NO4/c1-12(2,8-11(15)16)7-10(14)13-9-3-5-17-6-4-9/h9H,3-8H2,1-2H3,(H,13,14)(H,15,16). The van der Waals surface area contributed by atoms with Crippen molar-refractivity contribution in [2.45, 2.75) is 45.6 Å². The van der Waals surface area contributed by atoms with Crippen LogP contribution in [0.2, 0.25) is 0 Å². The summed E-state index contributed by atoms with van der Waals surface area (Å²) < 4.78 is 5.21. The van der Waals surface area contributed by atoms with Crippen molar-refractivity contribution in [3.8, 4) is 0 Å². The molecule has 0 aromatic rings. The maximum atomic E-state index is 11.8. The van der Waals surface area contributed by atoms with Crippen LogP contribution in [0.1, 0.15) is 39.5 Å². The number of nitrogens with one attached hydrogen (secondary N) is 1. The lowest BCUT2D eigenvalue weighted by atomic mass is 9.85. The Kier molecular flexibility index (Phi) is 4.93. The van der Waals surface area contributed by atoms with Crippen LogP contribution in [0.5, 0.6) is 0 Å². The summed E-state index contributed by atoms with van der Waals surface area (Å²) in [4.78, 5) is 22.4. The Morgan fingerprint density at radius 1 is 1.29 bits per heavy atom. The van der Waals surface area contributed by atoms with E-state index in [0.717, 1.165) is 12.8 Å². The lowest BCUT2D eigenvalue weighted by Gasteiger charge is -2.26. The molecule has 5 heteroatoms. The minimum Gasteiger partial charge on any atom is -0.481 e. The fraction of sp³-hybridized carbons (Fsp3) is 0.833. The zero-order chi connectivity index (χ0) is 12.9. The van der Waals surface area contributed by atoms with E-state index >= 15 is 0 Å². The van der Waals surface area contributed by atoms with Crippen molar-refractivity contribution in [2.24, 2.45) is 5.41 Å². The molecule has 0 saturated carbocycles. The smallest absolute Gasteiger partial charge is 0.303 e. The van der Waals surface area contributed by atoms with E-state index in [-0.39, 0.29) is 24.8 Å². The Morgan fingerprint density at radius 2 is 1.88 bits per heavy atom. The van der Waals surface area contributed by atoms with Gasteiger partial charge in [0.15, 0.2) is 0 Å². The molecule has 0 aromatic heterocycles. The number of amides is 1.